The molecule has 19 heavy (non-hydrogen) atoms. The maximum Gasteiger partial charge on any atom is 0.182 e. The van der Waals surface area contributed by atoms with Gasteiger partial charge in [-0.2, -0.15) is 5.10 Å². The van der Waals surface area contributed by atoms with Gasteiger partial charge in [0, 0.05) is 11.8 Å². The number of benzene rings is 1. The van der Waals surface area contributed by atoms with Crippen molar-refractivity contribution in [3.63, 3.8) is 0 Å². The predicted molar refractivity (Wildman–Crippen MR) is 67.2 cm³/mol. The Kier molecular flexibility index (Phi) is 3.84. The summed E-state index contributed by atoms with van der Waals surface area (Å²) in [5.74, 6) is -0.336. The normalized spacial score (nSPS) is 11.6. The minimum atomic E-state index is -3.54. The fourth-order valence-electron chi connectivity index (χ4n) is 1.67. The van der Waals surface area contributed by atoms with Crippen molar-refractivity contribution in [3.05, 3.63) is 42.2 Å². The van der Waals surface area contributed by atoms with Crippen molar-refractivity contribution in [2.75, 3.05) is 6.67 Å². The highest BCUT2D eigenvalue weighted by Gasteiger charge is 2.16. The molecule has 0 aliphatic carbocycles. The van der Waals surface area contributed by atoms with Crippen LogP contribution in [0.15, 0.2) is 41.6 Å². The SMILES string of the molecule is O=S(=O)(Cc1cnn(CCF)c1)c1cccc(O)c1. The molecule has 0 bridgehead atoms. The van der Waals surface area contributed by atoms with Crippen molar-refractivity contribution < 1.29 is 17.9 Å². The number of sulfone groups is 1. The summed E-state index contributed by atoms with van der Waals surface area (Å²) in [5.41, 5.74) is 0.483. The number of hydrogen-bond donors (Lipinski definition) is 1. The highest BCUT2D eigenvalue weighted by Crippen LogP contribution is 2.20. The van der Waals surface area contributed by atoms with E-state index in [0.29, 0.717) is 5.56 Å². The number of halogens is 1. The van der Waals surface area contributed by atoms with Gasteiger partial charge in [0.05, 0.1) is 23.4 Å². The van der Waals surface area contributed by atoms with Crippen molar-refractivity contribution in [1.82, 2.24) is 9.78 Å². The predicted octanol–water partition coefficient (Wildman–Crippen LogP) is 1.53. The third-order valence-corrected chi connectivity index (χ3v) is 4.22. The molecule has 1 aromatic carbocycles. The van der Waals surface area contributed by atoms with Crippen LogP contribution in [-0.2, 0) is 22.1 Å². The second-order valence-electron chi connectivity index (χ2n) is 4.06. The first-order valence-corrected chi connectivity index (χ1v) is 7.25. The van der Waals surface area contributed by atoms with Crippen LogP contribution in [0.4, 0.5) is 4.39 Å². The molecule has 0 radical (unpaired) electrons. The first kappa shape index (κ1) is 13.5. The first-order chi connectivity index (χ1) is 9.01. The van der Waals surface area contributed by atoms with E-state index in [4.69, 9.17) is 0 Å². The fourth-order valence-corrected chi connectivity index (χ4v) is 3.01. The van der Waals surface area contributed by atoms with E-state index in [9.17, 15) is 17.9 Å². The van der Waals surface area contributed by atoms with Crippen LogP contribution >= 0.6 is 0 Å². The second kappa shape index (κ2) is 5.40. The standard InChI is InChI=1S/C12H13FN2O3S/c13-4-5-15-8-10(7-14-15)9-19(17,18)12-3-1-2-11(16)6-12/h1-3,6-8,16H,4-5,9H2. The molecule has 0 fully saturated rings. The molecule has 0 saturated carbocycles. The molecule has 0 spiro atoms. The van der Waals surface area contributed by atoms with E-state index in [1.54, 1.807) is 0 Å². The van der Waals surface area contributed by atoms with Crippen LogP contribution in [0.3, 0.4) is 0 Å². The van der Waals surface area contributed by atoms with E-state index < -0.39 is 16.5 Å². The van der Waals surface area contributed by atoms with Gasteiger partial charge < -0.3 is 5.11 Å². The minimum absolute atomic E-state index is 0.0470. The van der Waals surface area contributed by atoms with E-state index >= 15 is 0 Å². The molecule has 2 aromatic rings. The molecule has 1 aromatic heterocycles. The van der Waals surface area contributed by atoms with Gasteiger partial charge in [0.1, 0.15) is 12.4 Å². The van der Waals surface area contributed by atoms with E-state index in [-0.39, 0.29) is 22.9 Å². The maximum absolute atomic E-state index is 12.1. The Hall–Kier alpha value is -1.89. The number of aromatic hydroxyl groups is 1. The monoisotopic (exact) mass is 284 g/mol. The summed E-state index contributed by atoms with van der Waals surface area (Å²) in [6, 6.07) is 5.48. The van der Waals surface area contributed by atoms with Crippen LogP contribution < -0.4 is 0 Å². The number of hydrogen-bond acceptors (Lipinski definition) is 4. The van der Waals surface area contributed by atoms with E-state index in [2.05, 4.69) is 5.10 Å². The third kappa shape index (κ3) is 3.31. The Bertz CT molecular complexity index is 667. The number of nitrogens with zero attached hydrogens (tertiary/aromatic N) is 2. The smallest absolute Gasteiger partial charge is 0.182 e. The lowest BCUT2D eigenvalue weighted by atomic mass is 10.3. The number of phenolic OH excluding ortho intramolecular Hbond substituents is 1. The van der Waals surface area contributed by atoms with Crippen LogP contribution in [-0.4, -0.2) is 30.0 Å². The number of rotatable bonds is 5. The number of aromatic nitrogens is 2. The van der Waals surface area contributed by atoms with Crippen molar-refractivity contribution in [2.45, 2.75) is 17.2 Å². The molecule has 0 amide bonds. The zero-order valence-corrected chi connectivity index (χ0v) is 10.8. The van der Waals surface area contributed by atoms with Crippen LogP contribution in [0.5, 0.6) is 5.75 Å². The van der Waals surface area contributed by atoms with Crippen molar-refractivity contribution in [1.29, 1.82) is 0 Å². The van der Waals surface area contributed by atoms with Crippen LogP contribution in [0.25, 0.3) is 0 Å². The van der Waals surface area contributed by atoms with Crippen molar-refractivity contribution in [3.8, 4) is 5.75 Å². The number of phenols is 1. The maximum atomic E-state index is 12.1. The Balaban J connectivity index is 2.21. The summed E-state index contributed by atoms with van der Waals surface area (Å²) in [6.07, 6.45) is 2.90. The summed E-state index contributed by atoms with van der Waals surface area (Å²) in [7, 11) is -3.54. The minimum Gasteiger partial charge on any atom is -0.508 e. The van der Waals surface area contributed by atoms with Gasteiger partial charge in [-0.15, -0.1) is 0 Å². The van der Waals surface area contributed by atoms with Crippen LogP contribution in [0, 0.1) is 0 Å². The van der Waals surface area contributed by atoms with Gasteiger partial charge in [0.2, 0.25) is 0 Å². The Morgan fingerprint density at radius 2 is 2.16 bits per heavy atom. The zero-order chi connectivity index (χ0) is 13.9. The van der Waals surface area contributed by atoms with E-state index in [1.807, 2.05) is 0 Å². The lowest BCUT2D eigenvalue weighted by Gasteiger charge is -2.03. The first-order valence-electron chi connectivity index (χ1n) is 5.60. The van der Waals surface area contributed by atoms with Gasteiger partial charge in [-0.25, -0.2) is 12.8 Å². The molecule has 5 nitrogen and oxygen atoms in total. The highest BCUT2D eigenvalue weighted by molar-refractivity contribution is 7.90. The summed E-state index contributed by atoms with van der Waals surface area (Å²) in [4.78, 5) is 0.0470. The molecule has 0 saturated heterocycles. The number of aryl methyl sites for hydroxylation is 1. The third-order valence-electron chi connectivity index (χ3n) is 2.53. The van der Waals surface area contributed by atoms with Gasteiger partial charge in [0.25, 0.3) is 0 Å². The summed E-state index contributed by atoms with van der Waals surface area (Å²) in [5, 5.41) is 13.2. The molecular formula is C12H13FN2O3S. The summed E-state index contributed by atoms with van der Waals surface area (Å²) < 4.78 is 37.7. The molecule has 2 rings (SSSR count). The molecule has 7 heteroatoms. The zero-order valence-electron chi connectivity index (χ0n) is 10.0. The van der Waals surface area contributed by atoms with Gasteiger partial charge in [-0.05, 0) is 18.2 Å². The Morgan fingerprint density at radius 1 is 1.37 bits per heavy atom. The van der Waals surface area contributed by atoms with Gasteiger partial charge >= 0.3 is 0 Å². The lowest BCUT2D eigenvalue weighted by Crippen LogP contribution is -2.04. The Labute approximate surface area is 110 Å². The Morgan fingerprint density at radius 3 is 2.84 bits per heavy atom. The van der Waals surface area contributed by atoms with E-state index in [0.717, 1.165) is 0 Å². The molecule has 0 unspecified atom stereocenters. The van der Waals surface area contributed by atoms with E-state index in [1.165, 1.54) is 41.3 Å². The van der Waals surface area contributed by atoms with Crippen molar-refractivity contribution in [2.24, 2.45) is 0 Å². The highest BCUT2D eigenvalue weighted by atomic mass is 32.2. The molecule has 102 valence electrons. The molecule has 0 aliphatic rings. The van der Waals surface area contributed by atoms with Crippen LogP contribution in [0.1, 0.15) is 5.56 Å². The number of alkyl halides is 1. The molecule has 0 aliphatic heterocycles. The summed E-state index contributed by atoms with van der Waals surface area (Å²) >= 11 is 0. The molecule has 0 atom stereocenters. The van der Waals surface area contributed by atoms with Gasteiger partial charge in [-0.3, -0.25) is 4.68 Å². The molecular weight excluding hydrogens is 271 g/mol. The van der Waals surface area contributed by atoms with Gasteiger partial charge in [-0.1, -0.05) is 6.07 Å². The molecule has 1 heterocycles. The quantitative estimate of drug-likeness (QED) is 0.903. The summed E-state index contributed by atoms with van der Waals surface area (Å²) in [6.45, 7) is -0.452. The largest absolute Gasteiger partial charge is 0.508 e. The average Bonchev–Trinajstić information content (AvgIpc) is 2.76. The van der Waals surface area contributed by atoms with Gasteiger partial charge in [0.15, 0.2) is 9.84 Å². The average molecular weight is 284 g/mol. The lowest BCUT2D eigenvalue weighted by molar-refractivity contribution is 0.427. The second-order valence-corrected chi connectivity index (χ2v) is 6.05. The van der Waals surface area contributed by atoms with Crippen molar-refractivity contribution >= 4 is 9.84 Å². The molecule has 1 N–H and O–H groups in total. The fraction of sp³-hybridized carbons (Fsp3) is 0.250. The van der Waals surface area contributed by atoms with Crippen LogP contribution in [0.2, 0.25) is 0 Å². The topological polar surface area (TPSA) is 72.2 Å².